The number of esters is 2. The van der Waals surface area contributed by atoms with E-state index in [-0.39, 0.29) is 17.2 Å². The van der Waals surface area contributed by atoms with Crippen molar-refractivity contribution in [3.05, 3.63) is 63.1 Å². The van der Waals surface area contributed by atoms with Crippen LogP contribution in [0.3, 0.4) is 0 Å². The molecule has 2 aromatic rings. The molecule has 2 aromatic carbocycles. The number of hydrogen-bond acceptors (Lipinski definition) is 5. The van der Waals surface area contributed by atoms with E-state index in [0.717, 1.165) is 34.9 Å². The fraction of sp³-hybridized carbons (Fsp3) is 0.464. The molecule has 0 radical (unpaired) electrons. The van der Waals surface area contributed by atoms with E-state index in [9.17, 15) is 14.4 Å². The van der Waals surface area contributed by atoms with Crippen LogP contribution in [0.15, 0.2) is 40.9 Å². The van der Waals surface area contributed by atoms with Gasteiger partial charge in [0.1, 0.15) is 6.10 Å². The van der Waals surface area contributed by atoms with Crippen LogP contribution in [0.2, 0.25) is 0 Å². The molecule has 188 valence electrons. The number of rotatable bonds is 7. The van der Waals surface area contributed by atoms with Crippen LogP contribution in [0.1, 0.15) is 71.9 Å². The zero-order valence-corrected chi connectivity index (χ0v) is 22.6. The van der Waals surface area contributed by atoms with Gasteiger partial charge in [-0.1, -0.05) is 55.3 Å². The first-order valence-electron chi connectivity index (χ1n) is 12.1. The predicted molar refractivity (Wildman–Crippen MR) is 140 cm³/mol. The summed E-state index contributed by atoms with van der Waals surface area (Å²) in [5.41, 5.74) is 2.82. The molecule has 0 saturated heterocycles. The highest BCUT2D eigenvalue weighted by Crippen LogP contribution is 2.36. The lowest BCUT2D eigenvalue weighted by Crippen LogP contribution is -2.36. The molecule has 0 bridgehead atoms. The van der Waals surface area contributed by atoms with Gasteiger partial charge in [-0.3, -0.25) is 4.79 Å². The van der Waals surface area contributed by atoms with Crippen molar-refractivity contribution in [2.24, 2.45) is 17.8 Å². The van der Waals surface area contributed by atoms with E-state index in [0.29, 0.717) is 23.4 Å². The minimum Gasteiger partial charge on any atom is -0.458 e. The number of amides is 1. The van der Waals surface area contributed by atoms with Gasteiger partial charge in [0.2, 0.25) is 0 Å². The number of ether oxygens (including phenoxy) is 2. The average Bonchev–Trinajstić information content (AvgIpc) is 2.82. The van der Waals surface area contributed by atoms with Gasteiger partial charge in [-0.05, 0) is 79.8 Å². The first-order valence-corrected chi connectivity index (χ1v) is 12.9. The SMILES string of the molecule is Cc1c(Br)ccc(NC(=O)COC(=O)c2ccccc2C(=O)O[C@@H]2C[C@H](C)CC[C@H]2C(C)C)c1C. The van der Waals surface area contributed by atoms with E-state index in [1.807, 2.05) is 19.9 Å². The Balaban J connectivity index is 1.65. The molecule has 1 aliphatic carbocycles. The van der Waals surface area contributed by atoms with Gasteiger partial charge in [0.05, 0.1) is 11.1 Å². The third-order valence-electron chi connectivity index (χ3n) is 6.92. The van der Waals surface area contributed by atoms with E-state index in [2.05, 4.69) is 42.0 Å². The minimum atomic E-state index is -0.742. The average molecular weight is 544 g/mol. The molecule has 1 amide bonds. The Morgan fingerprint density at radius 2 is 1.66 bits per heavy atom. The Bertz CT molecular complexity index is 1100. The number of anilines is 1. The van der Waals surface area contributed by atoms with Crippen LogP contribution in [0, 0.1) is 31.6 Å². The Morgan fingerprint density at radius 3 is 2.31 bits per heavy atom. The lowest BCUT2D eigenvalue weighted by atomic mass is 9.75. The monoisotopic (exact) mass is 543 g/mol. The summed E-state index contributed by atoms with van der Waals surface area (Å²) in [5.74, 6) is -0.554. The molecule has 0 aromatic heterocycles. The second-order valence-electron chi connectivity index (χ2n) is 9.78. The molecule has 35 heavy (non-hydrogen) atoms. The van der Waals surface area contributed by atoms with E-state index >= 15 is 0 Å². The van der Waals surface area contributed by atoms with Crippen molar-refractivity contribution < 1.29 is 23.9 Å². The lowest BCUT2D eigenvalue weighted by molar-refractivity contribution is -0.119. The highest BCUT2D eigenvalue weighted by atomic mass is 79.9. The van der Waals surface area contributed by atoms with Gasteiger partial charge in [0.25, 0.3) is 5.91 Å². The van der Waals surface area contributed by atoms with Crippen LogP contribution < -0.4 is 5.32 Å². The van der Waals surface area contributed by atoms with Crippen LogP contribution in [0.5, 0.6) is 0 Å². The molecular formula is C28H34BrNO5. The van der Waals surface area contributed by atoms with Crippen molar-refractivity contribution in [1.82, 2.24) is 0 Å². The topological polar surface area (TPSA) is 81.7 Å². The molecule has 3 atom stereocenters. The maximum Gasteiger partial charge on any atom is 0.339 e. The highest BCUT2D eigenvalue weighted by molar-refractivity contribution is 9.10. The molecule has 6 nitrogen and oxygen atoms in total. The summed E-state index contributed by atoms with van der Waals surface area (Å²) < 4.78 is 12.1. The maximum atomic E-state index is 13.1. The third kappa shape index (κ3) is 6.72. The van der Waals surface area contributed by atoms with Crippen LogP contribution in [-0.4, -0.2) is 30.6 Å². The van der Waals surface area contributed by atoms with Crippen molar-refractivity contribution in [3.8, 4) is 0 Å². The molecule has 1 N–H and O–H groups in total. The van der Waals surface area contributed by atoms with Gasteiger partial charge < -0.3 is 14.8 Å². The molecule has 0 heterocycles. The van der Waals surface area contributed by atoms with Gasteiger partial charge in [0, 0.05) is 10.2 Å². The Labute approximate surface area is 215 Å². The normalized spacial score (nSPS) is 19.8. The smallest absolute Gasteiger partial charge is 0.339 e. The van der Waals surface area contributed by atoms with E-state index in [4.69, 9.17) is 9.47 Å². The molecule has 1 saturated carbocycles. The van der Waals surface area contributed by atoms with Gasteiger partial charge >= 0.3 is 11.9 Å². The molecule has 7 heteroatoms. The largest absolute Gasteiger partial charge is 0.458 e. The predicted octanol–water partition coefficient (Wildman–Crippen LogP) is 6.48. The summed E-state index contributed by atoms with van der Waals surface area (Å²) in [6.45, 7) is 9.85. The van der Waals surface area contributed by atoms with E-state index in [1.165, 1.54) is 6.07 Å². The lowest BCUT2D eigenvalue weighted by Gasteiger charge is -2.36. The Morgan fingerprint density at radius 1 is 1.00 bits per heavy atom. The van der Waals surface area contributed by atoms with E-state index in [1.54, 1.807) is 24.3 Å². The quantitative estimate of drug-likeness (QED) is 0.404. The maximum absolute atomic E-state index is 13.1. The van der Waals surface area contributed by atoms with Gasteiger partial charge in [-0.2, -0.15) is 0 Å². The molecular weight excluding hydrogens is 510 g/mol. The number of halogens is 1. The molecule has 1 aliphatic rings. The summed E-state index contributed by atoms with van der Waals surface area (Å²) in [7, 11) is 0. The Kier molecular flexibility index (Phi) is 9.11. The highest BCUT2D eigenvalue weighted by Gasteiger charge is 2.34. The minimum absolute atomic E-state index is 0.0888. The molecule has 0 spiro atoms. The van der Waals surface area contributed by atoms with Gasteiger partial charge in [-0.15, -0.1) is 0 Å². The Hall–Kier alpha value is -2.67. The van der Waals surface area contributed by atoms with Gasteiger partial charge in [0.15, 0.2) is 6.61 Å². The molecule has 3 rings (SSSR count). The number of hydrogen-bond donors (Lipinski definition) is 1. The van der Waals surface area contributed by atoms with Crippen molar-refractivity contribution in [2.75, 3.05) is 11.9 Å². The fourth-order valence-corrected chi connectivity index (χ4v) is 5.04. The number of carbonyl (C=O) groups excluding carboxylic acids is 3. The molecule has 0 aliphatic heterocycles. The zero-order valence-electron chi connectivity index (χ0n) is 21.0. The zero-order chi connectivity index (χ0) is 25.7. The second kappa shape index (κ2) is 11.8. The fourth-order valence-electron chi connectivity index (χ4n) is 4.61. The number of nitrogens with one attached hydrogen (secondary N) is 1. The first-order chi connectivity index (χ1) is 16.6. The number of benzene rings is 2. The van der Waals surface area contributed by atoms with Crippen LogP contribution in [0.25, 0.3) is 0 Å². The second-order valence-corrected chi connectivity index (χ2v) is 10.6. The summed E-state index contributed by atoms with van der Waals surface area (Å²) in [6.07, 6.45) is 2.78. The van der Waals surface area contributed by atoms with Crippen LogP contribution in [-0.2, 0) is 14.3 Å². The number of carbonyl (C=O) groups is 3. The van der Waals surface area contributed by atoms with E-state index < -0.39 is 24.5 Å². The molecule has 1 fully saturated rings. The standard InChI is InChI=1S/C28H34BrNO5/c1-16(2)20-11-10-17(3)14-25(20)35-28(33)22-9-7-6-8-21(22)27(32)34-15-26(31)30-24-13-12-23(29)18(4)19(24)5/h6-9,12-13,16-17,20,25H,10-11,14-15H2,1-5H3,(H,30,31)/t17-,20+,25-/m1/s1. The van der Waals surface area contributed by atoms with Crippen LogP contribution in [0.4, 0.5) is 5.69 Å². The molecule has 0 unspecified atom stereocenters. The van der Waals surface area contributed by atoms with Crippen molar-refractivity contribution in [1.29, 1.82) is 0 Å². The van der Waals surface area contributed by atoms with Crippen molar-refractivity contribution in [3.63, 3.8) is 0 Å². The van der Waals surface area contributed by atoms with Crippen molar-refractivity contribution in [2.45, 2.75) is 60.0 Å². The van der Waals surface area contributed by atoms with Crippen LogP contribution >= 0.6 is 15.9 Å². The van der Waals surface area contributed by atoms with Gasteiger partial charge in [-0.25, -0.2) is 9.59 Å². The summed E-state index contributed by atoms with van der Waals surface area (Å²) in [4.78, 5) is 38.3. The van der Waals surface area contributed by atoms with Crippen molar-refractivity contribution >= 4 is 39.5 Å². The third-order valence-corrected chi connectivity index (χ3v) is 7.78. The summed E-state index contributed by atoms with van der Waals surface area (Å²) in [5, 5.41) is 2.77. The summed E-state index contributed by atoms with van der Waals surface area (Å²) in [6, 6.07) is 10.0. The summed E-state index contributed by atoms with van der Waals surface area (Å²) >= 11 is 3.46. The first kappa shape index (κ1) is 26.9.